The van der Waals surface area contributed by atoms with Crippen LogP contribution in [0.25, 0.3) is 0 Å². The number of nitrogens with one attached hydrogen (secondary N) is 2. The second kappa shape index (κ2) is 6.07. The number of halogens is 1. The number of likely N-dealkylation sites (N-methyl/N-ethyl adjacent to an activating group) is 1. The molecule has 88 valence electrons. The van der Waals surface area contributed by atoms with Crippen molar-refractivity contribution in [2.75, 3.05) is 20.7 Å². The van der Waals surface area contributed by atoms with E-state index in [0.717, 1.165) is 0 Å². The average Bonchev–Trinajstić information content (AvgIpc) is 2.27. The minimum Gasteiger partial charge on any atom is -0.496 e. The molecule has 0 radical (unpaired) electrons. The van der Waals surface area contributed by atoms with Crippen molar-refractivity contribution in [3.8, 4) is 5.75 Å². The van der Waals surface area contributed by atoms with Crippen molar-refractivity contribution in [3.05, 3.63) is 29.6 Å². The normalized spacial score (nSPS) is 9.94. The molecular weight excluding hydrogens is 211 g/mol. The summed E-state index contributed by atoms with van der Waals surface area (Å²) in [6.07, 6.45) is 0. The average molecular weight is 226 g/mol. The molecule has 0 aliphatic heterocycles. The highest BCUT2D eigenvalue weighted by Gasteiger charge is 2.06. The van der Waals surface area contributed by atoms with E-state index < -0.39 is 0 Å². The molecule has 5 heteroatoms. The number of benzene rings is 1. The van der Waals surface area contributed by atoms with Gasteiger partial charge in [0.1, 0.15) is 11.6 Å². The van der Waals surface area contributed by atoms with Crippen LogP contribution in [-0.4, -0.2) is 26.6 Å². The molecule has 1 amide bonds. The van der Waals surface area contributed by atoms with Crippen LogP contribution in [0.2, 0.25) is 0 Å². The lowest BCUT2D eigenvalue weighted by molar-refractivity contribution is -0.120. The molecule has 0 fully saturated rings. The van der Waals surface area contributed by atoms with Crippen LogP contribution in [0.3, 0.4) is 0 Å². The molecule has 1 rings (SSSR count). The number of ether oxygens (including phenoxy) is 1. The molecular formula is C11H15FN2O2. The van der Waals surface area contributed by atoms with Crippen LogP contribution in [0.5, 0.6) is 5.75 Å². The Morgan fingerprint density at radius 3 is 2.88 bits per heavy atom. The highest BCUT2D eigenvalue weighted by molar-refractivity contribution is 5.77. The standard InChI is InChI=1S/C11H15FN2O2/c1-13-7-11(15)14-6-8-5-9(12)3-4-10(8)16-2/h3-5,13H,6-7H2,1-2H3,(H,14,15). The van der Waals surface area contributed by atoms with Crippen LogP contribution in [0, 0.1) is 5.82 Å². The Morgan fingerprint density at radius 2 is 2.25 bits per heavy atom. The van der Waals surface area contributed by atoms with Gasteiger partial charge in [0.25, 0.3) is 0 Å². The molecule has 0 aliphatic rings. The van der Waals surface area contributed by atoms with E-state index >= 15 is 0 Å². The third-order valence-electron chi connectivity index (χ3n) is 2.06. The number of amides is 1. The van der Waals surface area contributed by atoms with Gasteiger partial charge in [0.05, 0.1) is 13.7 Å². The van der Waals surface area contributed by atoms with Gasteiger partial charge in [-0.1, -0.05) is 0 Å². The molecule has 0 heterocycles. The first-order valence-electron chi connectivity index (χ1n) is 4.91. The van der Waals surface area contributed by atoms with Crippen molar-refractivity contribution in [3.63, 3.8) is 0 Å². The highest BCUT2D eigenvalue weighted by Crippen LogP contribution is 2.18. The number of hydrogen-bond acceptors (Lipinski definition) is 3. The van der Waals surface area contributed by atoms with E-state index in [-0.39, 0.29) is 24.8 Å². The summed E-state index contributed by atoms with van der Waals surface area (Å²) in [6, 6.07) is 4.20. The summed E-state index contributed by atoms with van der Waals surface area (Å²) >= 11 is 0. The molecule has 4 nitrogen and oxygen atoms in total. The number of rotatable bonds is 5. The summed E-state index contributed by atoms with van der Waals surface area (Å²) in [5, 5.41) is 5.38. The maximum Gasteiger partial charge on any atom is 0.234 e. The van der Waals surface area contributed by atoms with Crippen molar-refractivity contribution in [2.24, 2.45) is 0 Å². The van der Waals surface area contributed by atoms with Gasteiger partial charge in [0.2, 0.25) is 5.91 Å². The molecule has 0 aliphatic carbocycles. The third kappa shape index (κ3) is 3.51. The van der Waals surface area contributed by atoms with Crippen LogP contribution in [0.4, 0.5) is 4.39 Å². The molecule has 0 saturated carbocycles. The van der Waals surface area contributed by atoms with E-state index in [2.05, 4.69) is 10.6 Å². The van der Waals surface area contributed by atoms with E-state index in [1.54, 1.807) is 7.05 Å². The largest absolute Gasteiger partial charge is 0.496 e. The van der Waals surface area contributed by atoms with Gasteiger partial charge in [-0.3, -0.25) is 4.79 Å². The summed E-state index contributed by atoms with van der Waals surface area (Å²) in [4.78, 5) is 11.2. The minimum atomic E-state index is -0.348. The Balaban J connectivity index is 2.65. The molecule has 1 aromatic carbocycles. The summed E-state index contributed by atoms with van der Waals surface area (Å²) in [7, 11) is 3.19. The van der Waals surface area contributed by atoms with Gasteiger partial charge in [-0.25, -0.2) is 4.39 Å². The molecule has 0 aromatic heterocycles. The fraction of sp³-hybridized carbons (Fsp3) is 0.364. The maximum absolute atomic E-state index is 13.0. The van der Waals surface area contributed by atoms with Gasteiger partial charge in [0.15, 0.2) is 0 Å². The van der Waals surface area contributed by atoms with Crippen LogP contribution in [-0.2, 0) is 11.3 Å². The fourth-order valence-corrected chi connectivity index (χ4v) is 1.30. The van der Waals surface area contributed by atoms with Crippen molar-refractivity contribution in [1.29, 1.82) is 0 Å². The first kappa shape index (κ1) is 12.4. The Labute approximate surface area is 93.8 Å². The number of hydrogen-bond donors (Lipinski definition) is 2. The second-order valence-electron chi connectivity index (χ2n) is 3.26. The van der Waals surface area contributed by atoms with Gasteiger partial charge in [-0.15, -0.1) is 0 Å². The number of carbonyl (C=O) groups is 1. The third-order valence-corrected chi connectivity index (χ3v) is 2.06. The van der Waals surface area contributed by atoms with E-state index in [1.807, 2.05) is 0 Å². The Kier molecular flexibility index (Phi) is 4.72. The van der Waals surface area contributed by atoms with E-state index in [9.17, 15) is 9.18 Å². The molecule has 0 saturated heterocycles. The summed E-state index contributed by atoms with van der Waals surface area (Å²) in [5.74, 6) is 0.0682. The molecule has 2 N–H and O–H groups in total. The lowest BCUT2D eigenvalue weighted by Gasteiger charge is -2.09. The lowest BCUT2D eigenvalue weighted by Crippen LogP contribution is -2.31. The predicted octanol–water partition coefficient (Wildman–Crippen LogP) is 0.670. The molecule has 0 spiro atoms. The van der Waals surface area contributed by atoms with Crippen LogP contribution in [0.1, 0.15) is 5.56 Å². The van der Waals surface area contributed by atoms with E-state index in [4.69, 9.17) is 4.74 Å². The van der Waals surface area contributed by atoms with Crippen molar-refractivity contribution < 1.29 is 13.9 Å². The van der Waals surface area contributed by atoms with E-state index in [1.165, 1.54) is 25.3 Å². The minimum absolute atomic E-state index is 0.145. The van der Waals surface area contributed by atoms with Gasteiger partial charge in [-0.2, -0.15) is 0 Å². The smallest absolute Gasteiger partial charge is 0.234 e. The summed E-state index contributed by atoms with van der Waals surface area (Å²) in [5.41, 5.74) is 0.618. The van der Waals surface area contributed by atoms with E-state index in [0.29, 0.717) is 11.3 Å². The lowest BCUT2D eigenvalue weighted by atomic mass is 10.2. The Morgan fingerprint density at radius 1 is 1.50 bits per heavy atom. The number of methoxy groups -OCH3 is 1. The van der Waals surface area contributed by atoms with Crippen LogP contribution in [0.15, 0.2) is 18.2 Å². The topological polar surface area (TPSA) is 50.4 Å². The quantitative estimate of drug-likeness (QED) is 0.776. The number of carbonyl (C=O) groups excluding carboxylic acids is 1. The van der Waals surface area contributed by atoms with Crippen LogP contribution < -0.4 is 15.4 Å². The summed E-state index contributed by atoms with van der Waals surface area (Å²) in [6.45, 7) is 0.485. The second-order valence-corrected chi connectivity index (χ2v) is 3.26. The molecule has 1 aromatic rings. The molecule has 0 bridgehead atoms. The van der Waals surface area contributed by atoms with Gasteiger partial charge in [0, 0.05) is 12.1 Å². The highest BCUT2D eigenvalue weighted by atomic mass is 19.1. The van der Waals surface area contributed by atoms with Crippen molar-refractivity contribution in [1.82, 2.24) is 10.6 Å². The van der Waals surface area contributed by atoms with Gasteiger partial charge < -0.3 is 15.4 Å². The summed E-state index contributed by atoms with van der Waals surface area (Å²) < 4.78 is 18.0. The van der Waals surface area contributed by atoms with Crippen molar-refractivity contribution in [2.45, 2.75) is 6.54 Å². The Bertz CT molecular complexity index is 369. The monoisotopic (exact) mass is 226 g/mol. The zero-order valence-electron chi connectivity index (χ0n) is 9.34. The maximum atomic E-state index is 13.0. The van der Waals surface area contributed by atoms with Gasteiger partial charge >= 0.3 is 0 Å². The fourth-order valence-electron chi connectivity index (χ4n) is 1.30. The van der Waals surface area contributed by atoms with Crippen molar-refractivity contribution >= 4 is 5.91 Å². The first-order chi connectivity index (χ1) is 7.67. The zero-order valence-corrected chi connectivity index (χ0v) is 9.34. The van der Waals surface area contributed by atoms with Gasteiger partial charge in [-0.05, 0) is 25.2 Å². The SMILES string of the molecule is CNCC(=O)NCc1cc(F)ccc1OC. The Hall–Kier alpha value is -1.62. The predicted molar refractivity (Wildman–Crippen MR) is 58.7 cm³/mol. The molecule has 0 unspecified atom stereocenters. The zero-order chi connectivity index (χ0) is 12.0. The molecule has 0 atom stereocenters. The van der Waals surface area contributed by atoms with Crippen LogP contribution >= 0.6 is 0 Å². The first-order valence-corrected chi connectivity index (χ1v) is 4.91. The molecule has 16 heavy (non-hydrogen) atoms.